The van der Waals surface area contributed by atoms with E-state index in [9.17, 15) is 9.90 Å². The van der Waals surface area contributed by atoms with Crippen LogP contribution in [-0.4, -0.2) is 29.3 Å². The molecule has 1 rings (SSSR count). The number of amides is 1. The highest BCUT2D eigenvalue weighted by Crippen LogP contribution is 2.16. The van der Waals surface area contributed by atoms with Crippen molar-refractivity contribution in [1.29, 1.82) is 0 Å². The van der Waals surface area contributed by atoms with Crippen molar-refractivity contribution >= 4 is 5.91 Å². The van der Waals surface area contributed by atoms with Crippen LogP contribution in [0.1, 0.15) is 38.3 Å². The summed E-state index contributed by atoms with van der Waals surface area (Å²) in [5.41, 5.74) is 1.76. The van der Waals surface area contributed by atoms with Gasteiger partial charge >= 0.3 is 0 Å². The van der Waals surface area contributed by atoms with Gasteiger partial charge in [0.05, 0.1) is 24.7 Å². The van der Waals surface area contributed by atoms with Crippen molar-refractivity contribution in [2.24, 2.45) is 0 Å². The molecule has 0 aliphatic heterocycles. The van der Waals surface area contributed by atoms with Gasteiger partial charge in [-0.1, -0.05) is 6.07 Å². The van der Waals surface area contributed by atoms with Crippen molar-refractivity contribution < 1.29 is 14.6 Å². The third-order valence-corrected chi connectivity index (χ3v) is 3.58. The molecule has 1 aromatic rings. The average molecular weight is 279 g/mol. The molecule has 0 saturated carbocycles. The Hall–Kier alpha value is -1.55. The summed E-state index contributed by atoms with van der Waals surface area (Å²) in [6, 6.07) is 5.87. The molecule has 4 nitrogen and oxygen atoms in total. The number of carbonyl (C=O) groups excluding carboxylic acids is 1. The highest BCUT2D eigenvalue weighted by Gasteiger charge is 2.25. The number of aliphatic hydroxyl groups is 1. The maximum absolute atomic E-state index is 11.8. The van der Waals surface area contributed by atoms with Gasteiger partial charge < -0.3 is 15.2 Å². The lowest BCUT2D eigenvalue weighted by atomic mass is 9.99. The van der Waals surface area contributed by atoms with E-state index in [1.54, 1.807) is 20.8 Å². The molecule has 0 aromatic heterocycles. The quantitative estimate of drug-likeness (QED) is 0.840. The highest BCUT2D eigenvalue weighted by molar-refractivity contribution is 5.76. The van der Waals surface area contributed by atoms with Crippen LogP contribution in [0.25, 0.3) is 0 Å². The molecule has 0 saturated heterocycles. The zero-order valence-electron chi connectivity index (χ0n) is 13.0. The normalized spacial score (nSPS) is 12.9. The largest absolute Gasteiger partial charge is 0.493 e. The molecule has 0 aliphatic carbocycles. The SMILES string of the molecule is Cc1ccc(OCCC(=O)NC(C)(C)C(C)O)cc1C. The third-order valence-electron chi connectivity index (χ3n) is 3.58. The Morgan fingerprint density at radius 1 is 1.35 bits per heavy atom. The van der Waals surface area contributed by atoms with Crippen LogP contribution < -0.4 is 10.1 Å². The van der Waals surface area contributed by atoms with Crippen LogP contribution in [-0.2, 0) is 4.79 Å². The molecule has 2 N–H and O–H groups in total. The van der Waals surface area contributed by atoms with Crippen molar-refractivity contribution in [2.45, 2.75) is 52.7 Å². The molecule has 112 valence electrons. The molecule has 1 amide bonds. The van der Waals surface area contributed by atoms with E-state index in [1.165, 1.54) is 11.1 Å². The summed E-state index contributed by atoms with van der Waals surface area (Å²) in [6.07, 6.45) is -0.338. The van der Waals surface area contributed by atoms with Gasteiger partial charge in [-0.15, -0.1) is 0 Å². The van der Waals surface area contributed by atoms with E-state index >= 15 is 0 Å². The standard InChI is InChI=1S/C16H25NO3/c1-11-6-7-14(10-12(11)2)20-9-8-15(19)17-16(4,5)13(3)18/h6-7,10,13,18H,8-9H2,1-5H3,(H,17,19). The molecule has 0 fully saturated rings. The number of carbonyl (C=O) groups is 1. The van der Waals surface area contributed by atoms with Gasteiger partial charge in [-0.3, -0.25) is 4.79 Å². The van der Waals surface area contributed by atoms with Crippen LogP contribution in [0.15, 0.2) is 18.2 Å². The molecular formula is C16H25NO3. The number of hydrogen-bond acceptors (Lipinski definition) is 3. The summed E-state index contributed by atoms with van der Waals surface area (Å²) in [4.78, 5) is 11.8. The molecule has 1 aromatic carbocycles. The van der Waals surface area contributed by atoms with Gasteiger partial charge in [-0.2, -0.15) is 0 Å². The molecule has 1 atom stereocenters. The first-order valence-corrected chi connectivity index (χ1v) is 6.91. The first-order valence-electron chi connectivity index (χ1n) is 6.91. The summed E-state index contributed by atoms with van der Waals surface area (Å²) < 4.78 is 5.56. The maximum Gasteiger partial charge on any atom is 0.223 e. The van der Waals surface area contributed by atoms with Gasteiger partial charge in [0.1, 0.15) is 5.75 Å². The van der Waals surface area contributed by atoms with Crippen LogP contribution in [0.2, 0.25) is 0 Å². The summed E-state index contributed by atoms with van der Waals surface area (Å²) in [5, 5.41) is 12.3. The Morgan fingerprint density at radius 2 is 2.00 bits per heavy atom. The van der Waals surface area contributed by atoms with Crippen molar-refractivity contribution in [1.82, 2.24) is 5.32 Å². The Labute approximate surface area is 121 Å². The number of hydrogen-bond donors (Lipinski definition) is 2. The van der Waals surface area contributed by atoms with E-state index in [0.29, 0.717) is 6.61 Å². The molecule has 20 heavy (non-hydrogen) atoms. The minimum atomic E-state index is -0.627. The predicted octanol–water partition coefficient (Wildman–Crippen LogP) is 2.35. The van der Waals surface area contributed by atoms with E-state index in [-0.39, 0.29) is 12.3 Å². The predicted molar refractivity (Wildman–Crippen MR) is 79.9 cm³/mol. The minimum Gasteiger partial charge on any atom is -0.493 e. The monoisotopic (exact) mass is 279 g/mol. The van der Waals surface area contributed by atoms with Crippen LogP contribution in [0, 0.1) is 13.8 Å². The number of aryl methyl sites for hydroxylation is 2. The summed E-state index contributed by atoms with van der Waals surface area (Å²) >= 11 is 0. The smallest absolute Gasteiger partial charge is 0.223 e. The van der Waals surface area contributed by atoms with Crippen molar-refractivity contribution in [3.05, 3.63) is 29.3 Å². The lowest BCUT2D eigenvalue weighted by molar-refractivity contribution is -0.124. The van der Waals surface area contributed by atoms with Crippen LogP contribution in [0.4, 0.5) is 0 Å². The van der Waals surface area contributed by atoms with E-state index < -0.39 is 11.6 Å². The summed E-state index contributed by atoms with van der Waals surface area (Å²) in [6.45, 7) is 9.64. The fraction of sp³-hybridized carbons (Fsp3) is 0.562. The topological polar surface area (TPSA) is 58.6 Å². The first-order chi connectivity index (χ1) is 9.22. The highest BCUT2D eigenvalue weighted by atomic mass is 16.5. The Kier molecular flexibility index (Phi) is 5.57. The van der Waals surface area contributed by atoms with Crippen LogP contribution >= 0.6 is 0 Å². The maximum atomic E-state index is 11.8. The first kappa shape index (κ1) is 16.5. The van der Waals surface area contributed by atoms with Crippen molar-refractivity contribution in [3.63, 3.8) is 0 Å². The second-order valence-corrected chi connectivity index (χ2v) is 5.79. The summed E-state index contributed by atoms with van der Waals surface area (Å²) in [7, 11) is 0. The minimum absolute atomic E-state index is 0.125. The third kappa shape index (κ3) is 4.85. The number of aliphatic hydroxyl groups excluding tert-OH is 1. The van der Waals surface area contributed by atoms with Crippen LogP contribution in [0.5, 0.6) is 5.75 Å². The molecule has 1 unspecified atom stereocenters. The van der Waals surface area contributed by atoms with Gasteiger partial charge in [-0.25, -0.2) is 0 Å². The molecule has 0 spiro atoms. The zero-order valence-corrected chi connectivity index (χ0v) is 13.0. The number of benzene rings is 1. The van der Waals surface area contributed by atoms with Crippen molar-refractivity contribution in [2.75, 3.05) is 6.61 Å². The fourth-order valence-electron chi connectivity index (χ4n) is 1.59. The number of nitrogens with one attached hydrogen (secondary N) is 1. The Morgan fingerprint density at radius 3 is 2.55 bits per heavy atom. The molecule has 0 radical (unpaired) electrons. The van der Waals surface area contributed by atoms with E-state index in [1.807, 2.05) is 32.0 Å². The second kappa shape index (κ2) is 6.75. The molecule has 4 heteroatoms. The fourth-order valence-corrected chi connectivity index (χ4v) is 1.59. The van der Waals surface area contributed by atoms with Gasteiger partial charge in [0.2, 0.25) is 5.91 Å². The Balaban J connectivity index is 2.40. The van der Waals surface area contributed by atoms with E-state index in [0.717, 1.165) is 5.75 Å². The van der Waals surface area contributed by atoms with Gasteiger partial charge in [0.25, 0.3) is 0 Å². The van der Waals surface area contributed by atoms with Crippen molar-refractivity contribution in [3.8, 4) is 5.75 Å². The average Bonchev–Trinajstić information content (AvgIpc) is 2.33. The van der Waals surface area contributed by atoms with Gasteiger partial charge in [-0.05, 0) is 57.9 Å². The Bertz CT molecular complexity index is 467. The second-order valence-electron chi connectivity index (χ2n) is 5.79. The molecular weight excluding hydrogens is 254 g/mol. The van der Waals surface area contributed by atoms with Crippen LogP contribution in [0.3, 0.4) is 0 Å². The summed E-state index contributed by atoms with van der Waals surface area (Å²) in [5.74, 6) is 0.649. The van der Waals surface area contributed by atoms with E-state index in [2.05, 4.69) is 5.32 Å². The van der Waals surface area contributed by atoms with Gasteiger partial charge in [0.15, 0.2) is 0 Å². The van der Waals surface area contributed by atoms with E-state index in [4.69, 9.17) is 4.74 Å². The molecule has 0 bridgehead atoms. The van der Waals surface area contributed by atoms with Gasteiger partial charge in [0, 0.05) is 0 Å². The lowest BCUT2D eigenvalue weighted by Gasteiger charge is -2.29. The zero-order chi connectivity index (χ0) is 15.3. The lowest BCUT2D eigenvalue weighted by Crippen LogP contribution is -2.51. The molecule has 0 aliphatic rings. The number of rotatable bonds is 6. The molecule has 0 heterocycles. The number of ether oxygens (including phenoxy) is 1.